The van der Waals surface area contributed by atoms with Crippen LogP contribution >= 0.6 is 0 Å². The maximum atomic E-state index is 5.38. The Bertz CT molecular complexity index is 398. The van der Waals surface area contributed by atoms with Crippen molar-refractivity contribution in [3.05, 3.63) is 30.7 Å². The average Bonchev–Trinajstić information content (AvgIpc) is 2.47. The molecule has 105 valence electrons. The zero-order chi connectivity index (χ0) is 13.7. The van der Waals surface area contributed by atoms with Crippen molar-refractivity contribution in [2.24, 2.45) is 0 Å². The summed E-state index contributed by atoms with van der Waals surface area (Å²) >= 11 is 0. The number of hydrogen-bond donors (Lipinski definition) is 0. The Balaban J connectivity index is 2.03. The summed E-state index contributed by atoms with van der Waals surface area (Å²) in [4.78, 5) is 2.50. The van der Waals surface area contributed by atoms with Gasteiger partial charge >= 0.3 is 0 Å². The van der Waals surface area contributed by atoms with Gasteiger partial charge < -0.3 is 14.4 Å². The highest BCUT2D eigenvalue weighted by molar-refractivity contribution is 5.44. The van der Waals surface area contributed by atoms with Crippen LogP contribution in [0.15, 0.2) is 18.2 Å². The molecule has 1 aromatic carbocycles. The molecule has 3 heteroatoms. The molecule has 0 aliphatic carbocycles. The van der Waals surface area contributed by atoms with Crippen molar-refractivity contribution >= 4 is 0 Å². The first kappa shape index (κ1) is 14.2. The Morgan fingerprint density at radius 1 is 1.16 bits per heavy atom. The maximum Gasteiger partial charge on any atom is 0.160 e. The molecule has 0 saturated carbocycles. The summed E-state index contributed by atoms with van der Waals surface area (Å²) < 4.78 is 10.7. The van der Waals surface area contributed by atoms with Gasteiger partial charge in [-0.3, -0.25) is 0 Å². The highest BCUT2D eigenvalue weighted by atomic mass is 16.5. The normalized spacial score (nSPS) is 17.4. The second-order valence-corrected chi connectivity index (χ2v) is 5.08. The SMILES string of the molecule is [CH2]CCN1CCC(c2ccc(OC)c(OC)c2)CC1. The summed E-state index contributed by atoms with van der Waals surface area (Å²) in [5.41, 5.74) is 1.37. The van der Waals surface area contributed by atoms with Crippen molar-refractivity contribution in [1.82, 2.24) is 4.90 Å². The summed E-state index contributed by atoms with van der Waals surface area (Å²) in [6, 6.07) is 6.31. The van der Waals surface area contributed by atoms with Gasteiger partial charge in [-0.05, 0) is 62.5 Å². The molecule has 19 heavy (non-hydrogen) atoms. The lowest BCUT2D eigenvalue weighted by Gasteiger charge is -2.32. The van der Waals surface area contributed by atoms with Crippen molar-refractivity contribution < 1.29 is 9.47 Å². The van der Waals surface area contributed by atoms with E-state index in [1.165, 1.54) is 31.5 Å². The molecule has 0 N–H and O–H groups in total. The van der Waals surface area contributed by atoms with Gasteiger partial charge in [0.1, 0.15) is 0 Å². The number of ether oxygens (including phenoxy) is 2. The van der Waals surface area contributed by atoms with E-state index in [-0.39, 0.29) is 0 Å². The monoisotopic (exact) mass is 262 g/mol. The van der Waals surface area contributed by atoms with Crippen LogP contribution in [0.4, 0.5) is 0 Å². The molecule has 1 radical (unpaired) electrons. The van der Waals surface area contributed by atoms with Gasteiger partial charge in [-0.1, -0.05) is 13.0 Å². The molecule has 3 nitrogen and oxygen atoms in total. The lowest BCUT2D eigenvalue weighted by atomic mass is 9.89. The summed E-state index contributed by atoms with van der Waals surface area (Å²) in [5.74, 6) is 2.28. The molecule has 1 aromatic rings. The van der Waals surface area contributed by atoms with Gasteiger partial charge in [-0.15, -0.1) is 0 Å². The van der Waals surface area contributed by atoms with Gasteiger partial charge in [0.25, 0.3) is 0 Å². The second-order valence-electron chi connectivity index (χ2n) is 5.08. The largest absolute Gasteiger partial charge is 0.493 e. The van der Waals surface area contributed by atoms with Crippen molar-refractivity contribution in [2.75, 3.05) is 33.9 Å². The summed E-state index contributed by atoms with van der Waals surface area (Å²) in [6.07, 6.45) is 3.44. The van der Waals surface area contributed by atoms with Crippen LogP contribution in [0.2, 0.25) is 0 Å². The molecule has 1 saturated heterocycles. The number of nitrogens with zero attached hydrogens (tertiary/aromatic N) is 1. The highest BCUT2D eigenvalue weighted by Gasteiger charge is 2.21. The third-order valence-corrected chi connectivity index (χ3v) is 3.94. The Morgan fingerprint density at radius 2 is 1.84 bits per heavy atom. The van der Waals surface area contributed by atoms with Crippen molar-refractivity contribution in [3.63, 3.8) is 0 Å². The predicted molar refractivity (Wildman–Crippen MR) is 77.9 cm³/mol. The van der Waals surface area contributed by atoms with E-state index < -0.39 is 0 Å². The summed E-state index contributed by atoms with van der Waals surface area (Å²) in [6.45, 7) is 7.40. The second kappa shape index (κ2) is 6.80. The lowest BCUT2D eigenvalue weighted by molar-refractivity contribution is 0.215. The molecule has 0 aromatic heterocycles. The molecular weight excluding hydrogens is 238 g/mol. The van der Waals surface area contributed by atoms with Crippen LogP contribution in [0.1, 0.15) is 30.7 Å². The molecule has 2 rings (SSSR count). The molecule has 0 atom stereocenters. The first-order valence-electron chi connectivity index (χ1n) is 7.02. The third-order valence-electron chi connectivity index (χ3n) is 3.94. The number of rotatable bonds is 5. The zero-order valence-electron chi connectivity index (χ0n) is 12.0. The van der Waals surface area contributed by atoms with Crippen LogP contribution in [0.3, 0.4) is 0 Å². The van der Waals surface area contributed by atoms with Crippen molar-refractivity contribution in [2.45, 2.75) is 25.2 Å². The van der Waals surface area contributed by atoms with Crippen LogP contribution in [0.5, 0.6) is 11.5 Å². The molecule has 0 spiro atoms. The molecule has 0 bridgehead atoms. The van der Waals surface area contributed by atoms with Gasteiger partial charge in [0, 0.05) is 0 Å². The number of methoxy groups -OCH3 is 2. The van der Waals surface area contributed by atoms with E-state index in [4.69, 9.17) is 9.47 Å². The van der Waals surface area contributed by atoms with Gasteiger partial charge in [-0.25, -0.2) is 0 Å². The van der Waals surface area contributed by atoms with E-state index in [0.717, 1.165) is 24.5 Å². The molecule has 0 amide bonds. The number of likely N-dealkylation sites (tertiary alicyclic amines) is 1. The fourth-order valence-corrected chi connectivity index (χ4v) is 2.82. The van der Waals surface area contributed by atoms with Crippen LogP contribution in [-0.2, 0) is 0 Å². The van der Waals surface area contributed by atoms with Gasteiger partial charge in [0.05, 0.1) is 14.2 Å². The Hall–Kier alpha value is -1.22. The van der Waals surface area contributed by atoms with Gasteiger partial charge in [0.15, 0.2) is 11.5 Å². The minimum atomic E-state index is 0.640. The molecule has 1 heterocycles. The first-order chi connectivity index (χ1) is 9.28. The highest BCUT2D eigenvalue weighted by Crippen LogP contribution is 2.34. The van der Waals surface area contributed by atoms with E-state index in [1.54, 1.807) is 14.2 Å². The summed E-state index contributed by atoms with van der Waals surface area (Å²) in [7, 11) is 3.37. The van der Waals surface area contributed by atoms with Crippen molar-refractivity contribution in [3.8, 4) is 11.5 Å². The van der Waals surface area contributed by atoms with E-state index in [9.17, 15) is 0 Å². The van der Waals surface area contributed by atoms with Crippen LogP contribution in [-0.4, -0.2) is 38.8 Å². The predicted octanol–water partition coefficient (Wildman–Crippen LogP) is 3.11. The average molecular weight is 262 g/mol. The standard InChI is InChI=1S/C16H24NO2/c1-4-9-17-10-7-13(8-11-17)14-5-6-15(18-2)16(12-14)19-3/h5-6,12-13H,1,4,7-11H2,2-3H3. The number of hydrogen-bond acceptors (Lipinski definition) is 3. The Labute approximate surface area is 116 Å². The van der Waals surface area contributed by atoms with E-state index >= 15 is 0 Å². The number of benzene rings is 1. The van der Waals surface area contributed by atoms with Crippen LogP contribution in [0.25, 0.3) is 0 Å². The molecule has 1 fully saturated rings. The van der Waals surface area contributed by atoms with Gasteiger partial charge in [-0.2, -0.15) is 0 Å². The lowest BCUT2D eigenvalue weighted by Crippen LogP contribution is -2.33. The smallest absolute Gasteiger partial charge is 0.160 e. The molecule has 1 aliphatic rings. The minimum Gasteiger partial charge on any atom is -0.493 e. The van der Waals surface area contributed by atoms with Crippen LogP contribution < -0.4 is 9.47 Å². The first-order valence-corrected chi connectivity index (χ1v) is 7.02. The zero-order valence-corrected chi connectivity index (χ0v) is 12.0. The Kier molecular flexibility index (Phi) is 5.08. The fourth-order valence-electron chi connectivity index (χ4n) is 2.82. The van der Waals surface area contributed by atoms with E-state index in [1.807, 2.05) is 6.07 Å². The van der Waals surface area contributed by atoms with E-state index in [2.05, 4.69) is 24.0 Å². The third kappa shape index (κ3) is 3.41. The van der Waals surface area contributed by atoms with Crippen LogP contribution in [0, 0.1) is 6.92 Å². The minimum absolute atomic E-state index is 0.640. The van der Waals surface area contributed by atoms with Gasteiger partial charge in [0.2, 0.25) is 0 Å². The molecule has 1 aliphatic heterocycles. The quantitative estimate of drug-likeness (QED) is 0.814. The molecular formula is C16H24NO2. The molecule has 0 unspecified atom stereocenters. The topological polar surface area (TPSA) is 21.7 Å². The van der Waals surface area contributed by atoms with E-state index in [0.29, 0.717) is 5.92 Å². The summed E-state index contributed by atoms with van der Waals surface area (Å²) in [5, 5.41) is 0. The maximum absolute atomic E-state index is 5.38. The Morgan fingerprint density at radius 3 is 2.42 bits per heavy atom. The number of piperidine rings is 1. The fraction of sp³-hybridized carbons (Fsp3) is 0.562. The van der Waals surface area contributed by atoms with Crippen molar-refractivity contribution in [1.29, 1.82) is 0 Å².